The van der Waals surface area contributed by atoms with Crippen molar-refractivity contribution in [3.8, 4) is 38.5 Å². The van der Waals surface area contributed by atoms with Crippen LogP contribution in [0.25, 0.3) is 0 Å². The van der Waals surface area contributed by atoms with Crippen molar-refractivity contribution in [3.05, 3.63) is 29.8 Å². The van der Waals surface area contributed by atoms with Crippen LogP contribution in [-0.2, 0) is 11.0 Å². The Hall–Kier alpha value is -2.37. The maximum Gasteiger partial charge on any atom is 0.417 e. The molecular formula is C39H55F3N2OS. The molecule has 5 rings (SSSR count). The van der Waals surface area contributed by atoms with Crippen LogP contribution >= 0.6 is 11.9 Å². The minimum Gasteiger partial charge on any atom is -0.299 e. The van der Waals surface area contributed by atoms with Crippen LogP contribution in [0.2, 0.25) is 0 Å². The van der Waals surface area contributed by atoms with Gasteiger partial charge in [0.25, 0.3) is 0 Å². The summed E-state index contributed by atoms with van der Waals surface area (Å²) in [5.74, 6) is 3.25. The summed E-state index contributed by atoms with van der Waals surface area (Å²) in [5, 5.41) is 0. The van der Waals surface area contributed by atoms with E-state index in [1.54, 1.807) is 12.1 Å². The number of fused-ring (bicyclic) bond motifs is 3. The number of carbonyl (C=O) groups excluding carboxylic acids is 1. The number of hydrogen-bond donors (Lipinski definition) is 0. The Morgan fingerprint density at radius 2 is 1.57 bits per heavy atom. The summed E-state index contributed by atoms with van der Waals surface area (Å²) < 4.78 is 42.9. The monoisotopic (exact) mass is 656 g/mol. The van der Waals surface area contributed by atoms with E-state index in [1.807, 2.05) is 0 Å². The van der Waals surface area contributed by atoms with Gasteiger partial charge < -0.3 is 0 Å². The second kappa shape index (κ2) is 17.2. The molecule has 3 aliphatic carbocycles. The summed E-state index contributed by atoms with van der Waals surface area (Å²) in [6, 6.07) is 6.42. The molecule has 1 aliphatic heterocycles. The average Bonchev–Trinajstić information content (AvgIpc) is 3.35. The van der Waals surface area contributed by atoms with E-state index in [2.05, 4.69) is 82.4 Å². The number of halogens is 3. The van der Waals surface area contributed by atoms with Crippen LogP contribution in [0.1, 0.15) is 98.0 Å². The Morgan fingerprint density at radius 1 is 0.913 bits per heavy atom. The van der Waals surface area contributed by atoms with E-state index in [-0.39, 0.29) is 11.5 Å². The van der Waals surface area contributed by atoms with Crippen LogP contribution < -0.4 is 0 Å². The summed E-state index contributed by atoms with van der Waals surface area (Å²) in [4.78, 5) is 15.7. The molecule has 1 aromatic carbocycles. The minimum atomic E-state index is -4.34. The van der Waals surface area contributed by atoms with Gasteiger partial charge in [-0.15, -0.1) is 38.5 Å². The first-order valence-electron chi connectivity index (χ1n) is 16.8. The van der Waals surface area contributed by atoms with Crippen LogP contribution in [0.3, 0.4) is 0 Å². The third kappa shape index (κ3) is 8.19. The summed E-state index contributed by atoms with van der Waals surface area (Å²) in [5.41, 5.74) is -0.276. The molecule has 46 heavy (non-hydrogen) atoms. The van der Waals surface area contributed by atoms with Crippen LogP contribution in [0.4, 0.5) is 13.2 Å². The van der Waals surface area contributed by atoms with Gasteiger partial charge in [-0.2, -0.15) is 13.2 Å². The van der Waals surface area contributed by atoms with Gasteiger partial charge in [-0.25, -0.2) is 4.31 Å². The van der Waals surface area contributed by atoms with Crippen molar-refractivity contribution in [1.82, 2.24) is 9.21 Å². The summed E-state index contributed by atoms with van der Waals surface area (Å²) in [6.07, 6.45) is 30.1. The molecule has 254 valence electrons. The summed E-state index contributed by atoms with van der Waals surface area (Å²) in [6.45, 7) is 14.3. The van der Waals surface area contributed by atoms with Crippen molar-refractivity contribution in [1.29, 1.82) is 0 Å². The van der Waals surface area contributed by atoms with Crippen molar-refractivity contribution in [3.63, 3.8) is 0 Å². The number of rotatable bonds is 7. The van der Waals surface area contributed by atoms with Gasteiger partial charge in [0.15, 0.2) is 0 Å². The summed E-state index contributed by atoms with van der Waals surface area (Å²) >= 11 is 1.27. The van der Waals surface area contributed by atoms with Crippen molar-refractivity contribution in [2.75, 3.05) is 19.6 Å². The Kier molecular flexibility index (Phi) is 14.8. The molecule has 3 nitrogen and oxygen atoms in total. The molecule has 4 fully saturated rings. The first-order valence-corrected chi connectivity index (χ1v) is 17.5. The predicted octanol–water partition coefficient (Wildman–Crippen LogP) is 9.47. The Morgan fingerprint density at radius 3 is 2.20 bits per heavy atom. The van der Waals surface area contributed by atoms with Gasteiger partial charge in [-0.1, -0.05) is 39.3 Å². The van der Waals surface area contributed by atoms with E-state index in [0.717, 1.165) is 44.8 Å². The Bertz CT molecular complexity index is 1180. The number of hydrogen-bond acceptors (Lipinski definition) is 4. The third-order valence-electron chi connectivity index (χ3n) is 11.8. The number of piperazine rings is 1. The lowest BCUT2D eigenvalue weighted by atomic mass is 9.46. The Labute approximate surface area is 282 Å². The molecule has 0 bridgehead atoms. The van der Waals surface area contributed by atoms with Gasteiger partial charge in [0, 0.05) is 41.9 Å². The zero-order chi connectivity index (χ0) is 34.9. The molecule has 0 radical (unpaired) electrons. The summed E-state index contributed by atoms with van der Waals surface area (Å²) in [7, 11) is 0. The fraction of sp³-hybridized carbons (Fsp3) is 0.667. The van der Waals surface area contributed by atoms with E-state index >= 15 is 0 Å². The van der Waals surface area contributed by atoms with Crippen molar-refractivity contribution in [2.24, 2.45) is 34.5 Å². The molecule has 8 atom stereocenters. The molecule has 0 aromatic heterocycles. The normalized spacial score (nSPS) is 34.3. The number of terminal acetylenes is 3. The first kappa shape index (κ1) is 39.8. The second-order valence-corrected chi connectivity index (χ2v) is 15.1. The minimum absolute atomic E-state index is 0.0645. The van der Waals surface area contributed by atoms with E-state index in [1.165, 1.54) is 62.6 Å². The zero-order valence-corrected chi connectivity index (χ0v) is 29.4. The standard InChI is InChI=1S/C33H49F3N2OS.3C2H2/c1-6-17-31(4)24(11-12-25-26-13-14-30(39)32(26,5)18-15-27(25)31)16-19-37-20-23(3)38(21-22(37)2)40-29-10-8-7-9-28(29)33(34,35)36;3*1-2/h7-10,22-27H,6,11-21H2,1-5H3;3*1-2H/t22?,23?,24?,25-,26?,27?,31-,32-;;;/m0.../s1. The first-order chi connectivity index (χ1) is 21.9. The lowest BCUT2D eigenvalue weighted by molar-refractivity contribution is -0.139. The smallest absolute Gasteiger partial charge is 0.299 e. The lowest BCUT2D eigenvalue weighted by Gasteiger charge is -2.58. The molecular weight excluding hydrogens is 602 g/mol. The highest BCUT2D eigenvalue weighted by Crippen LogP contribution is 2.64. The quantitative estimate of drug-likeness (QED) is 0.216. The molecule has 0 spiro atoms. The highest BCUT2D eigenvalue weighted by molar-refractivity contribution is 7.97. The molecule has 4 aliphatic rings. The predicted molar refractivity (Wildman–Crippen MR) is 187 cm³/mol. The Balaban J connectivity index is 0.00000116. The maximum absolute atomic E-state index is 13.6. The van der Waals surface area contributed by atoms with Gasteiger partial charge >= 0.3 is 6.18 Å². The van der Waals surface area contributed by atoms with E-state index in [0.29, 0.717) is 39.9 Å². The maximum atomic E-state index is 13.6. The number of benzene rings is 1. The second-order valence-electron chi connectivity index (χ2n) is 14.0. The largest absolute Gasteiger partial charge is 0.417 e. The molecule has 1 aromatic rings. The van der Waals surface area contributed by atoms with Gasteiger partial charge in [-0.3, -0.25) is 9.69 Å². The van der Waals surface area contributed by atoms with E-state index < -0.39 is 11.7 Å². The van der Waals surface area contributed by atoms with Gasteiger partial charge in [-0.05, 0) is 119 Å². The number of ketones is 1. The van der Waals surface area contributed by atoms with Gasteiger partial charge in [0.1, 0.15) is 5.78 Å². The number of nitrogens with zero attached hydrogens (tertiary/aromatic N) is 2. The number of carbonyl (C=O) groups is 1. The van der Waals surface area contributed by atoms with Gasteiger partial charge in [0.2, 0.25) is 0 Å². The fourth-order valence-corrected chi connectivity index (χ4v) is 10.8. The number of Topliss-reactive ketones (excluding diaryl/α,β-unsaturated/α-hetero) is 1. The van der Waals surface area contributed by atoms with Crippen LogP contribution in [0.5, 0.6) is 0 Å². The van der Waals surface area contributed by atoms with E-state index in [9.17, 15) is 18.0 Å². The van der Waals surface area contributed by atoms with E-state index in [4.69, 9.17) is 0 Å². The average molecular weight is 657 g/mol. The van der Waals surface area contributed by atoms with Crippen molar-refractivity contribution in [2.45, 2.75) is 116 Å². The number of alkyl halides is 3. The van der Waals surface area contributed by atoms with Crippen molar-refractivity contribution < 1.29 is 18.0 Å². The molecule has 0 N–H and O–H groups in total. The highest BCUT2D eigenvalue weighted by Gasteiger charge is 2.59. The molecule has 0 amide bonds. The SMILES string of the molecule is C#C.C#C.C#C.CCC[C@@]1(C)C(CCN2CC(C)N(Sc3ccccc3C(F)(F)F)CC2C)CC[C@@H]2C1CC[C@]1(C)C(=O)CCC21. The van der Waals surface area contributed by atoms with Crippen LogP contribution in [-0.4, -0.2) is 46.7 Å². The van der Waals surface area contributed by atoms with Gasteiger partial charge in [0.05, 0.1) is 5.56 Å². The molecule has 1 saturated heterocycles. The highest BCUT2D eigenvalue weighted by atomic mass is 32.2. The molecule has 1 heterocycles. The molecule has 7 heteroatoms. The molecule has 3 saturated carbocycles. The van der Waals surface area contributed by atoms with Crippen LogP contribution in [0.15, 0.2) is 29.2 Å². The van der Waals surface area contributed by atoms with Crippen LogP contribution in [0, 0.1) is 73.0 Å². The fourth-order valence-electron chi connectivity index (χ4n) is 9.54. The molecule has 5 unspecified atom stereocenters. The topological polar surface area (TPSA) is 23.6 Å². The zero-order valence-electron chi connectivity index (χ0n) is 28.6. The third-order valence-corrected chi connectivity index (χ3v) is 13.1. The van der Waals surface area contributed by atoms with Crippen molar-refractivity contribution >= 4 is 17.7 Å². The lowest BCUT2D eigenvalue weighted by Crippen LogP contribution is -2.55.